The fourth-order valence-electron chi connectivity index (χ4n) is 2.51. The number of amides is 2. The van der Waals surface area contributed by atoms with E-state index < -0.39 is 0 Å². The highest BCUT2D eigenvalue weighted by Gasteiger charge is 2.57. The van der Waals surface area contributed by atoms with Crippen molar-refractivity contribution in [3.05, 3.63) is 0 Å². The first kappa shape index (κ1) is 8.26. The highest BCUT2D eigenvalue weighted by atomic mass is 16.2. The van der Waals surface area contributed by atoms with Crippen LogP contribution in [0.1, 0.15) is 32.6 Å². The Balaban J connectivity index is 1.98. The first-order chi connectivity index (χ1) is 6.64. The molecule has 2 N–H and O–H groups in total. The SMILES string of the molecule is CC1(C2CC2)C(N)=NC(=O)N1C1CC1. The van der Waals surface area contributed by atoms with Crippen molar-refractivity contribution >= 4 is 11.9 Å². The number of urea groups is 1. The molecule has 1 heterocycles. The van der Waals surface area contributed by atoms with E-state index in [0.717, 1.165) is 12.8 Å². The number of amidine groups is 1. The van der Waals surface area contributed by atoms with Crippen LogP contribution in [0, 0.1) is 5.92 Å². The number of aliphatic imine (C=N–C) groups is 1. The summed E-state index contributed by atoms with van der Waals surface area (Å²) in [5, 5.41) is 0. The maximum Gasteiger partial charge on any atom is 0.346 e. The molecule has 0 radical (unpaired) electrons. The minimum absolute atomic E-state index is 0.112. The van der Waals surface area contributed by atoms with Gasteiger partial charge in [0.05, 0.1) is 0 Å². The van der Waals surface area contributed by atoms with Crippen molar-refractivity contribution in [3.8, 4) is 0 Å². The van der Waals surface area contributed by atoms with Gasteiger partial charge in [-0.3, -0.25) is 0 Å². The molecular formula is C10H15N3O. The van der Waals surface area contributed by atoms with Crippen molar-refractivity contribution in [1.29, 1.82) is 0 Å². The third-order valence-corrected chi connectivity index (χ3v) is 3.73. The quantitative estimate of drug-likeness (QED) is 0.714. The van der Waals surface area contributed by atoms with Gasteiger partial charge in [-0.05, 0) is 38.5 Å². The monoisotopic (exact) mass is 193 g/mol. The largest absolute Gasteiger partial charge is 0.385 e. The highest BCUT2D eigenvalue weighted by Crippen LogP contribution is 2.49. The molecular weight excluding hydrogens is 178 g/mol. The van der Waals surface area contributed by atoms with Crippen LogP contribution in [0.5, 0.6) is 0 Å². The molecule has 0 spiro atoms. The molecule has 1 aliphatic heterocycles. The highest BCUT2D eigenvalue weighted by molar-refractivity contribution is 6.06. The molecule has 0 bridgehead atoms. The molecule has 2 amide bonds. The lowest BCUT2D eigenvalue weighted by atomic mass is 9.93. The van der Waals surface area contributed by atoms with Gasteiger partial charge >= 0.3 is 6.03 Å². The molecule has 1 atom stereocenters. The molecule has 4 nitrogen and oxygen atoms in total. The van der Waals surface area contributed by atoms with Crippen LogP contribution in [-0.4, -0.2) is 28.3 Å². The summed E-state index contributed by atoms with van der Waals surface area (Å²) in [6, 6.07) is 0.303. The maximum absolute atomic E-state index is 11.7. The number of nitrogens with two attached hydrogens (primary N) is 1. The summed E-state index contributed by atoms with van der Waals surface area (Å²) in [5.41, 5.74) is 5.64. The molecule has 2 fully saturated rings. The van der Waals surface area contributed by atoms with Gasteiger partial charge in [-0.1, -0.05) is 0 Å². The van der Waals surface area contributed by atoms with E-state index in [9.17, 15) is 4.79 Å². The Morgan fingerprint density at radius 1 is 1.43 bits per heavy atom. The van der Waals surface area contributed by atoms with E-state index in [0.29, 0.717) is 17.8 Å². The third kappa shape index (κ3) is 0.885. The van der Waals surface area contributed by atoms with Crippen molar-refractivity contribution < 1.29 is 4.79 Å². The van der Waals surface area contributed by atoms with Gasteiger partial charge in [-0.2, -0.15) is 4.99 Å². The van der Waals surface area contributed by atoms with Gasteiger partial charge < -0.3 is 10.6 Å². The Bertz CT molecular complexity index is 330. The van der Waals surface area contributed by atoms with Crippen LogP contribution in [0.2, 0.25) is 0 Å². The fraction of sp³-hybridized carbons (Fsp3) is 0.800. The molecule has 0 saturated heterocycles. The van der Waals surface area contributed by atoms with Gasteiger partial charge in [0.1, 0.15) is 11.4 Å². The number of rotatable bonds is 2. The number of nitrogens with zero attached hydrogens (tertiary/aromatic N) is 2. The Labute approximate surface area is 83.2 Å². The van der Waals surface area contributed by atoms with E-state index in [1.807, 2.05) is 4.90 Å². The second-order valence-corrected chi connectivity index (χ2v) is 4.80. The van der Waals surface area contributed by atoms with E-state index in [-0.39, 0.29) is 11.6 Å². The maximum atomic E-state index is 11.7. The molecule has 0 aromatic rings. The Hall–Kier alpha value is -1.06. The van der Waals surface area contributed by atoms with Crippen LogP contribution in [0.15, 0.2) is 4.99 Å². The summed E-state index contributed by atoms with van der Waals surface area (Å²) >= 11 is 0. The third-order valence-electron chi connectivity index (χ3n) is 3.73. The Morgan fingerprint density at radius 3 is 2.57 bits per heavy atom. The van der Waals surface area contributed by atoms with E-state index in [4.69, 9.17) is 5.73 Å². The van der Waals surface area contributed by atoms with Crippen LogP contribution in [0.3, 0.4) is 0 Å². The lowest BCUT2D eigenvalue weighted by molar-refractivity contribution is 0.162. The summed E-state index contributed by atoms with van der Waals surface area (Å²) in [5.74, 6) is 1.09. The molecule has 2 aliphatic carbocycles. The van der Waals surface area contributed by atoms with E-state index in [2.05, 4.69) is 11.9 Å². The first-order valence-electron chi connectivity index (χ1n) is 5.32. The summed E-state index contributed by atoms with van der Waals surface area (Å²) in [6.07, 6.45) is 4.61. The van der Waals surface area contributed by atoms with Crippen molar-refractivity contribution in [2.75, 3.05) is 0 Å². The zero-order valence-corrected chi connectivity index (χ0v) is 8.36. The zero-order valence-electron chi connectivity index (χ0n) is 8.36. The summed E-state index contributed by atoms with van der Waals surface area (Å²) in [4.78, 5) is 17.5. The van der Waals surface area contributed by atoms with Crippen molar-refractivity contribution in [1.82, 2.24) is 4.90 Å². The Kier molecular flexibility index (Phi) is 1.36. The summed E-state index contributed by atoms with van der Waals surface area (Å²) in [6.45, 7) is 2.08. The average Bonchev–Trinajstić information content (AvgIpc) is 2.99. The molecule has 14 heavy (non-hydrogen) atoms. The summed E-state index contributed by atoms with van der Waals surface area (Å²) in [7, 11) is 0. The number of hydrogen-bond donors (Lipinski definition) is 1. The van der Waals surface area contributed by atoms with Gasteiger partial charge in [0.25, 0.3) is 0 Å². The first-order valence-corrected chi connectivity index (χ1v) is 5.32. The van der Waals surface area contributed by atoms with Gasteiger partial charge in [-0.15, -0.1) is 0 Å². The van der Waals surface area contributed by atoms with Gasteiger partial charge in [0.15, 0.2) is 0 Å². The standard InChI is InChI=1S/C10H15N3O/c1-10(6-2-3-6)8(11)12-9(14)13(10)7-4-5-7/h6-7H,2-5H2,1H3,(H2,11,12,14). The number of carbonyl (C=O) groups is 1. The van der Waals surface area contributed by atoms with Crippen molar-refractivity contribution in [3.63, 3.8) is 0 Å². The lowest BCUT2D eigenvalue weighted by Crippen LogP contribution is -2.54. The molecule has 2 saturated carbocycles. The molecule has 0 aromatic carbocycles. The van der Waals surface area contributed by atoms with Crippen LogP contribution >= 0.6 is 0 Å². The second kappa shape index (κ2) is 2.30. The fourth-order valence-corrected chi connectivity index (χ4v) is 2.51. The van der Waals surface area contributed by atoms with Crippen molar-refractivity contribution in [2.24, 2.45) is 16.6 Å². The Morgan fingerprint density at radius 2 is 2.07 bits per heavy atom. The van der Waals surface area contributed by atoms with Crippen LogP contribution in [-0.2, 0) is 0 Å². The molecule has 1 unspecified atom stereocenters. The zero-order chi connectivity index (χ0) is 9.92. The molecule has 0 aromatic heterocycles. The minimum atomic E-state index is -0.252. The van der Waals surface area contributed by atoms with Gasteiger partial charge in [-0.25, -0.2) is 4.79 Å². The van der Waals surface area contributed by atoms with E-state index >= 15 is 0 Å². The smallest absolute Gasteiger partial charge is 0.346 e. The number of hydrogen-bond acceptors (Lipinski definition) is 2. The predicted molar refractivity (Wildman–Crippen MR) is 53.0 cm³/mol. The molecule has 4 heteroatoms. The normalized spacial score (nSPS) is 37.6. The number of carbonyl (C=O) groups excluding carboxylic acids is 1. The van der Waals surface area contributed by atoms with Gasteiger partial charge in [0, 0.05) is 6.04 Å². The predicted octanol–water partition coefficient (Wildman–Crippen LogP) is 1.11. The van der Waals surface area contributed by atoms with Crippen molar-refractivity contribution in [2.45, 2.75) is 44.2 Å². The van der Waals surface area contributed by atoms with E-state index in [1.165, 1.54) is 12.8 Å². The lowest BCUT2D eigenvalue weighted by Gasteiger charge is -2.35. The molecule has 76 valence electrons. The minimum Gasteiger partial charge on any atom is -0.385 e. The molecule has 3 rings (SSSR count). The van der Waals surface area contributed by atoms with Crippen LogP contribution in [0.25, 0.3) is 0 Å². The molecule has 3 aliphatic rings. The van der Waals surface area contributed by atoms with Crippen LogP contribution in [0.4, 0.5) is 4.79 Å². The average molecular weight is 193 g/mol. The topological polar surface area (TPSA) is 58.7 Å². The second-order valence-electron chi connectivity index (χ2n) is 4.80. The van der Waals surface area contributed by atoms with Gasteiger partial charge in [0.2, 0.25) is 0 Å². The van der Waals surface area contributed by atoms with Crippen LogP contribution < -0.4 is 5.73 Å². The van der Waals surface area contributed by atoms with E-state index in [1.54, 1.807) is 0 Å². The summed E-state index contributed by atoms with van der Waals surface area (Å²) < 4.78 is 0.